The Labute approximate surface area is 149 Å². The summed E-state index contributed by atoms with van der Waals surface area (Å²) in [6, 6.07) is 12.8. The van der Waals surface area contributed by atoms with Crippen molar-refractivity contribution in [2.75, 3.05) is 20.3 Å². The number of aliphatic hydroxyl groups is 1. The van der Waals surface area contributed by atoms with E-state index >= 15 is 0 Å². The third-order valence-electron chi connectivity index (χ3n) is 3.83. The van der Waals surface area contributed by atoms with Crippen molar-refractivity contribution >= 4 is 16.8 Å². The molecular formula is C19H19FN2O4. The van der Waals surface area contributed by atoms with Crippen LogP contribution in [-0.4, -0.2) is 42.4 Å². The third-order valence-corrected chi connectivity index (χ3v) is 3.83. The Hall–Kier alpha value is -3.06. The van der Waals surface area contributed by atoms with Crippen molar-refractivity contribution in [3.8, 4) is 11.5 Å². The summed E-state index contributed by atoms with van der Waals surface area (Å²) < 4.78 is 23.7. The van der Waals surface area contributed by atoms with Gasteiger partial charge in [0.15, 0.2) is 0 Å². The van der Waals surface area contributed by atoms with Gasteiger partial charge in [0.2, 0.25) is 0 Å². The third kappa shape index (κ3) is 4.31. The summed E-state index contributed by atoms with van der Waals surface area (Å²) in [5, 5.41) is 13.3. The molecular weight excluding hydrogens is 339 g/mol. The van der Waals surface area contributed by atoms with Crippen molar-refractivity contribution in [2.45, 2.75) is 6.10 Å². The maximum absolute atomic E-state index is 13.2. The minimum Gasteiger partial charge on any atom is -0.497 e. The van der Waals surface area contributed by atoms with Gasteiger partial charge in [0.25, 0.3) is 5.91 Å². The lowest BCUT2D eigenvalue weighted by Crippen LogP contribution is -2.35. The highest BCUT2D eigenvalue weighted by atomic mass is 19.1. The van der Waals surface area contributed by atoms with Crippen LogP contribution in [0.5, 0.6) is 11.5 Å². The lowest BCUT2D eigenvalue weighted by molar-refractivity contribution is 0.0840. The number of aromatic amines is 1. The molecule has 1 heterocycles. The molecule has 0 aliphatic heterocycles. The molecule has 1 unspecified atom stereocenters. The lowest BCUT2D eigenvalue weighted by atomic mass is 10.2. The van der Waals surface area contributed by atoms with Gasteiger partial charge in [-0.15, -0.1) is 0 Å². The van der Waals surface area contributed by atoms with Crippen molar-refractivity contribution in [1.82, 2.24) is 10.3 Å². The van der Waals surface area contributed by atoms with Crippen LogP contribution in [0.4, 0.5) is 4.39 Å². The quantitative estimate of drug-likeness (QED) is 0.606. The van der Waals surface area contributed by atoms with Crippen LogP contribution in [0.3, 0.4) is 0 Å². The van der Waals surface area contributed by atoms with Crippen LogP contribution < -0.4 is 14.8 Å². The molecule has 0 spiro atoms. The number of ether oxygens (including phenoxy) is 2. The van der Waals surface area contributed by atoms with Crippen molar-refractivity contribution < 1.29 is 23.8 Å². The first-order valence-corrected chi connectivity index (χ1v) is 8.06. The molecule has 136 valence electrons. The normalized spacial score (nSPS) is 12.0. The van der Waals surface area contributed by atoms with Crippen molar-refractivity contribution in [3.05, 3.63) is 60.0 Å². The fraction of sp³-hybridized carbons (Fsp3) is 0.211. The highest BCUT2D eigenvalue weighted by Crippen LogP contribution is 2.18. The number of benzene rings is 2. The highest BCUT2D eigenvalue weighted by molar-refractivity contribution is 5.98. The molecule has 7 heteroatoms. The number of aliphatic hydroxyl groups excluding tert-OH is 1. The van der Waals surface area contributed by atoms with Crippen molar-refractivity contribution in [3.63, 3.8) is 0 Å². The van der Waals surface area contributed by atoms with Gasteiger partial charge >= 0.3 is 0 Å². The van der Waals surface area contributed by atoms with Gasteiger partial charge in [0.1, 0.15) is 35.7 Å². The molecule has 6 nitrogen and oxygen atoms in total. The van der Waals surface area contributed by atoms with E-state index in [0.717, 1.165) is 5.39 Å². The molecule has 26 heavy (non-hydrogen) atoms. The monoisotopic (exact) mass is 358 g/mol. The second-order valence-electron chi connectivity index (χ2n) is 5.76. The van der Waals surface area contributed by atoms with Gasteiger partial charge in [-0.3, -0.25) is 4.79 Å². The van der Waals surface area contributed by atoms with Gasteiger partial charge in [-0.25, -0.2) is 4.39 Å². The van der Waals surface area contributed by atoms with Crippen LogP contribution in [-0.2, 0) is 0 Å². The van der Waals surface area contributed by atoms with Gasteiger partial charge in [-0.2, -0.15) is 0 Å². The molecule has 0 radical (unpaired) electrons. The number of amides is 1. The van der Waals surface area contributed by atoms with E-state index in [9.17, 15) is 14.3 Å². The number of fused-ring (bicyclic) bond motifs is 1. The van der Waals surface area contributed by atoms with Crippen LogP contribution in [0.2, 0.25) is 0 Å². The molecule has 0 aliphatic carbocycles. The zero-order valence-corrected chi connectivity index (χ0v) is 14.2. The van der Waals surface area contributed by atoms with Crippen molar-refractivity contribution in [1.29, 1.82) is 0 Å². The SMILES string of the molecule is COc1ccc(OCC(O)CNC(=O)c2cc3ccc(F)cc3[nH]2)cc1. The molecule has 0 saturated carbocycles. The zero-order valence-electron chi connectivity index (χ0n) is 14.2. The molecule has 1 amide bonds. The molecule has 1 aromatic heterocycles. The van der Waals surface area contributed by atoms with Crippen LogP contribution in [0.25, 0.3) is 10.9 Å². The van der Waals surface area contributed by atoms with E-state index in [2.05, 4.69) is 10.3 Å². The van der Waals surface area contributed by atoms with Gasteiger partial charge in [0, 0.05) is 17.4 Å². The first-order valence-electron chi connectivity index (χ1n) is 8.06. The fourth-order valence-corrected chi connectivity index (χ4v) is 2.45. The maximum atomic E-state index is 13.2. The number of methoxy groups -OCH3 is 1. The van der Waals surface area contributed by atoms with E-state index in [1.54, 1.807) is 43.5 Å². The van der Waals surface area contributed by atoms with E-state index in [1.165, 1.54) is 12.1 Å². The first kappa shape index (κ1) is 17.8. The molecule has 3 N–H and O–H groups in total. The number of aromatic nitrogens is 1. The van der Waals surface area contributed by atoms with Crippen LogP contribution in [0.1, 0.15) is 10.5 Å². The Kier molecular flexibility index (Phi) is 5.38. The predicted molar refractivity (Wildman–Crippen MR) is 95.1 cm³/mol. The molecule has 1 atom stereocenters. The Bertz CT molecular complexity index is 892. The van der Waals surface area contributed by atoms with E-state index in [4.69, 9.17) is 9.47 Å². The van der Waals surface area contributed by atoms with Gasteiger partial charge in [0.05, 0.1) is 7.11 Å². The Morgan fingerprint density at radius 1 is 1.19 bits per heavy atom. The maximum Gasteiger partial charge on any atom is 0.267 e. The molecule has 3 aromatic rings. The number of hydrogen-bond donors (Lipinski definition) is 3. The second-order valence-corrected chi connectivity index (χ2v) is 5.76. The average molecular weight is 358 g/mol. The number of rotatable bonds is 7. The number of carbonyl (C=O) groups excluding carboxylic acids is 1. The topological polar surface area (TPSA) is 83.6 Å². The smallest absolute Gasteiger partial charge is 0.267 e. The summed E-state index contributed by atoms with van der Waals surface area (Å²) in [5.74, 6) is 0.541. The molecule has 3 rings (SSSR count). The zero-order chi connectivity index (χ0) is 18.5. The Morgan fingerprint density at radius 3 is 2.65 bits per heavy atom. The largest absolute Gasteiger partial charge is 0.497 e. The molecule has 0 fully saturated rings. The number of hydrogen-bond acceptors (Lipinski definition) is 4. The van der Waals surface area contributed by atoms with E-state index in [1.807, 2.05) is 0 Å². The summed E-state index contributed by atoms with van der Waals surface area (Å²) in [7, 11) is 1.58. The highest BCUT2D eigenvalue weighted by Gasteiger charge is 2.12. The molecule has 0 saturated heterocycles. The predicted octanol–water partition coefficient (Wildman–Crippen LogP) is 2.49. The Balaban J connectivity index is 1.49. The van der Waals surface area contributed by atoms with Crippen LogP contribution in [0, 0.1) is 5.82 Å². The second kappa shape index (κ2) is 7.88. The van der Waals surface area contributed by atoms with Gasteiger partial charge in [-0.05, 0) is 48.5 Å². The number of nitrogens with one attached hydrogen (secondary N) is 2. The summed E-state index contributed by atoms with van der Waals surface area (Å²) >= 11 is 0. The van der Waals surface area contributed by atoms with Gasteiger partial charge in [-0.1, -0.05) is 0 Å². The summed E-state index contributed by atoms with van der Waals surface area (Å²) in [4.78, 5) is 15.0. The van der Waals surface area contributed by atoms with Crippen LogP contribution in [0.15, 0.2) is 48.5 Å². The standard InChI is InChI=1S/C19H19FN2O4/c1-25-15-4-6-16(7-5-15)26-11-14(23)10-21-19(24)18-8-12-2-3-13(20)9-17(12)22-18/h2-9,14,22-23H,10-11H2,1H3,(H,21,24). The first-order chi connectivity index (χ1) is 12.5. The van der Waals surface area contributed by atoms with Gasteiger partial charge < -0.3 is 24.9 Å². The lowest BCUT2D eigenvalue weighted by Gasteiger charge is -2.13. The van der Waals surface area contributed by atoms with Crippen LogP contribution >= 0.6 is 0 Å². The van der Waals surface area contributed by atoms with E-state index < -0.39 is 6.10 Å². The minimum absolute atomic E-state index is 0.0265. The van der Waals surface area contributed by atoms with E-state index in [0.29, 0.717) is 22.7 Å². The fourth-order valence-electron chi connectivity index (χ4n) is 2.45. The number of carbonyl (C=O) groups is 1. The summed E-state index contributed by atoms with van der Waals surface area (Å²) in [6.45, 7) is 0.0588. The Morgan fingerprint density at radius 2 is 1.92 bits per heavy atom. The minimum atomic E-state index is -0.872. The summed E-state index contributed by atoms with van der Waals surface area (Å²) in [6.07, 6.45) is -0.872. The molecule has 2 aromatic carbocycles. The number of H-pyrrole nitrogens is 1. The average Bonchev–Trinajstić information content (AvgIpc) is 3.08. The molecule has 0 bridgehead atoms. The van der Waals surface area contributed by atoms with E-state index in [-0.39, 0.29) is 24.9 Å². The molecule has 0 aliphatic rings. The summed E-state index contributed by atoms with van der Waals surface area (Å²) in [5.41, 5.74) is 0.840. The number of halogens is 1. The van der Waals surface area contributed by atoms with Crippen molar-refractivity contribution in [2.24, 2.45) is 0 Å².